The highest BCUT2D eigenvalue weighted by molar-refractivity contribution is 7.16. The Balaban J connectivity index is 0.00000131. The molecule has 2 aromatic rings. The highest BCUT2D eigenvalue weighted by Crippen LogP contribution is 2.29. The lowest BCUT2D eigenvalue weighted by molar-refractivity contribution is -0.158. The van der Waals surface area contributed by atoms with Gasteiger partial charge in [0.2, 0.25) is 0 Å². The number of piperazine rings is 1. The Labute approximate surface area is 175 Å². The molecule has 0 aromatic carbocycles. The van der Waals surface area contributed by atoms with Crippen LogP contribution in [0.5, 0.6) is 0 Å². The van der Waals surface area contributed by atoms with Gasteiger partial charge in [0.1, 0.15) is 22.6 Å². The van der Waals surface area contributed by atoms with Crippen molar-refractivity contribution in [3.63, 3.8) is 0 Å². The molecule has 0 radical (unpaired) electrons. The van der Waals surface area contributed by atoms with Gasteiger partial charge in [0, 0.05) is 33.3 Å². The summed E-state index contributed by atoms with van der Waals surface area (Å²) < 4.78 is 5.69. The second kappa shape index (κ2) is 9.34. The highest BCUT2D eigenvalue weighted by atomic mass is 35.5. The molecule has 2 saturated heterocycles. The lowest BCUT2D eigenvalue weighted by atomic mass is 9.90. The van der Waals surface area contributed by atoms with Crippen molar-refractivity contribution >= 4 is 58.1 Å². The second-order valence-corrected chi connectivity index (χ2v) is 7.46. The molecule has 10 heteroatoms. The topological polar surface area (TPSA) is 70.6 Å². The molecule has 4 heterocycles. The fourth-order valence-electron chi connectivity index (χ4n) is 3.77. The number of halogens is 2. The molecule has 150 valence electrons. The van der Waals surface area contributed by atoms with Gasteiger partial charge in [0.15, 0.2) is 0 Å². The Kier molecular flexibility index (Phi) is 7.64. The number of hydrogen-bond acceptors (Lipinski definition) is 7. The van der Waals surface area contributed by atoms with Crippen LogP contribution in [0.25, 0.3) is 10.2 Å². The molecule has 0 spiro atoms. The molecule has 2 aliphatic rings. The van der Waals surface area contributed by atoms with E-state index >= 15 is 0 Å². The van der Waals surface area contributed by atoms with Gasteiger partial charge in [-0.15, -0.1) is 36.2 Å². The lowest BCUT2D eigenvalue weighted by Gasteiger charge is -2.42. The SMILES string of the molecule is COC1(C(=O)N2CCN(c3ncnc4sccc34)CC2)CCNCC1.Cl.Cl. The van der Waals surface area contributed by atoms with Gasteiger partial charge in [-0.05, 0) is 37.4 Å². The minimum Gasteiger partial charge on any atom is -0.368 e. The van der Waals surface area contributed by atoms with E-state index < -0.39 is 5.60 Å². The van der Waals surface area contributed by atoms with Gasteiger partial charge in [-0.3, -0.25) is 4.79 Å². The number of piperidine rings is 1. The number of fused-ring (bicyclic) bond motifs is 1. The Bertz CT molecular complexity index is 761. The zero-order valence-electron chi connectivity index (χ0n) is 15.2. The van der Waals surface area contributed by atoms with E-state index in [0.29, 0.717) is 13.1 Å². The van der Waals surface area contributed by atoms with Gasteiger partial charge >= 0.3 is 0 Å². The summed E-state index contributed by atoms with van der Waals surface area (Å²) in [6.45, 7) is 4.63. The summed E-state index contributed by atoms with van der Waals surface area (Å²) in [5.74, 6) is 1.11. The molecule has 7 nitrogen and oxygen atoms in total. The summed E-state index contributed by atoms with van der Waals surface area (Å²) in [6.07, 6.45) is 3.11. The smallest absolute Gasteiger partial charge is 0.255 e. The summed E-state index contributed by atoms with van der Waals surface area (Å²) in [7, 11) is 1.66. The number of nitrogens with one attached hydrogen (secondary N) is 1. The number of rotatable bonds is 3. The minimum atomic E-state index is -0.650. The van der Waals surface area contributed by atoms with Crippen molar-refractivity contribution in [2.24, 2.45) is 0 Å². The van der Waals surface area contributed by atoms with E-state index in [1.54, 1.807) is 24.8 Å². The van der Waals surface area contributed by atoms with Crippen molar-refractivity contribution in [3.8, 4) is 0 Å². The van der Waals surface area contributed by atoms with E-state index in [1.165, 1.54) is 0 Å². The molecule has 27 heavy (non-hydrogen) atoms. The number of methoxy groups -OCH3 is 1. The summed E-state index contributed by atoms with van der Waals surface area (Å²) in [4.78, 5) is 27.1. The van der Waals surface area contributed by atoms with Gasteiger partial charge in [0.05, 0.1) is 5.39 Å². The first kappa shape index (κ1) is 22.1. The quantitative estimate of drug-likeness (QED) is 0.797. The zero-order chi connectivity index (χ0) is 17.3. The number of anilines is 1. The Hall–Kier alpha value is -1.19. The van der Waals surface area contributed by atoms with Crippen LogP contribution in [0.2, 0.25) is 0 Å². The summed E-state index contributed by atoms with van der Waals surface area (Å²) >= 11 is 1.63. The predicted molar refractivity (Wildman–Crippen MR) is 113 cm³/mol. The van der Waals surface area contributed by atoms with Crippen LogP contribution >= 0.6 is 36.2 Å². The summed E-state index contributed by atoms with van der Waals surface area (Å²) in [6, 6.07) is 2.07. The number of thiophene rings is 1. The largest absolute Gasteiger partial charge is 0.368 e. The maximum Gasteiger partial charge on any atom is 0.255 e. The molecule has 2 aromatic heterocycles. The monoisotopic (exact) mass is 433 g/mol. The predicted octanol–water partition coefficient (Wildman–Crippen LogP) is 1.95. The Morgan fingerprint density at radius 2 is 1.89 bits per heavy atom. The second-order valence-electron chi connectivity index (χ2n) is 6.56. The van der Waals surface area contributed by atoms with Crippen molar-refractivity contribution in [2.45, 2.75) is 18.4 Å². The maximum absolute atomic E-state index is 13.1. The van der Waals surface area contributed by atoms with E-state index in [-0.39, 0.29) is 30.7 Å². The molecule has 1 amide bonds. The van der Waals surface area contributed by atoms with Crippen LogP contribution in [0, 0.1) is 0 Å². The van der Waals surface area contributed by atoms with Crippen molar-refractivity contribution < 1.29 is 9.53 Å². The van der Waals surface area contributed by atoms with Gasteiger partial charge < -0.3 is 19.9 Å². The fourth-order valence-corrected chi connectivity index (χ4v) is 4.50. The van der Waals surface area contributed by atoms with Crippen LogP contribution in [0.1, 0.15) is 12.8 Å². The maximum atomic E-state index is 13.1. The van der Waals surface area contributed by atoms with E-state index in [2.05, 4.69) is 26.3 Å². The molecular formula is C17H25Cl2N5O2S. The Morgan fingerprint density at radius 3 is 2.56 bits per heavy atom. The number of amides is 1. The third-order valence-electron chi connectivity index (χ3n) is 5.30. The zero-order valence-corrected chi connectivity index (χ0v) is 17.7. The molecule has 2 aliphatic heterocycles. The number of ether oxygens (including phenoxy) is 1. The molecule has 2 fully saturated rings. The van der Waals surface area contributed by atoms with Gasteiger partial charge in [0.25, 0.3) is 5.91 Å². The minimum absolute atomic E-state index is 0. The molecule has 4 rings (SSSR count). The third-order valence-corrected chi connectivity index (χ3v) is 6.12. The average molecular weight is 434 g/mol. The molecule has 0 unspecified atom stereocenters. The Morgan fingerprint density at radius 1 is 1.19 bits per heavy atom. The van der Waals surface area contributed by atoms with Gasteiger partial charge in [-0.25, -0.2) is 9.97 Å². The van der Waals surface area contributed by atoms with Crippen molar-refractivity contribution in [2.75, 3.05) is 51.3 Å². The molecule has 0 bridgehead atoms. The van der Waals surface area contributed by atoms with E-state index in [9.17, 15) is 4.79 Å². The standard InChI is InChI=1S/C17H23N5O2S.2ClH/c1-24-17(3-5-18-6-4-17)16(23)22-9-7-21(8-10-22)14-13-2-11-25-15(13)20-12-19-14;;/h2,11-12,18H,3-10H2,1H3;2*1H. The van der Waals surface area contributed by atoms with Gasteiger partial charge in [-0.1, -0.05) is 0 Å². The van der Waals surface area contributed by atoms with Crippen molar-refractivity contribution in [3.05, 3.63) is 17.8 Å². The first-order valence-electron chi connectivity index (χ1n) is 8.72. The van der Waals surface area contributed by atoms with E-state index in [4.69, 9.17) is 4.74 Å². The number of aromatic nitrogens is 2. The molecular weight excluding hydrogens is 409 g/mol. The highest BCUT2D eigenvalue weighted by Gasteiger charge is 2.43. The average Bonchev–Trinajstić information content (AvgIpc) is 3.17. The number of carbonyl (C=O) groups excluding carboxylic acids is 1. The van der Waals surface area contributed by atoms with Crippen LogP contribution < -0.4 is 10.2 Å². The summed E-state index contributed by atoms with van der Waals surface area (Å²) in [5.41, 5.74) is -0.650. The first-order valence-corrected chi connectivity index (χ1v) is 9.60. The first-order chi connectivity index (χ1) is 12.2. The number of hydrogen-bond donors (Lipinski definition) is 1. The summed E-state index contributed by atoms with van der Waals surface area (Å²) in [5, 5.41) is 6.44. The molecule has 0 atom stereocenters. The third kappa shape index (κ3) is 4.14. The molecule has 1 N–H and O–H groups in total. The van der Waals surface area contributed by atoms with Crippen LogP contribution in [0.3, 0.4) is 0 Å². The van der Waals surface area contributed by atoms with Crippen LogP contribution in [0.4, 0.5) is 5.82 Å². The van der Waals surface area contributed by atoms with Crippen LogP contribution in [-0.2, 0) is 9.53 Å². The fraction of sp³-hybridized carbons (Fsp3) is 0.588. The van der Waals surface area contributed by atoms with Crippen molar-refractivity contribution in [1.29, 1.82) is 0 Å². The van der Waals surface area contributed by atoms with Gasteiger partial charge in [-0.2, -0.15) is 0 Å². The van der Waals surface area contributed by atoms with Crippen LogP contribution in [-0.4, -0.2) is 72.8 Å². The molecule has 0 aliphatic carbocycles. The molecule has 0 saturated carbocycles. The number of nitrogens with zero attached hydrogens (tertiary/aromatic N) is 4. The lowest BCUT2D eigenvalue weighted by Crippen LogP contribution is -2.59. The number of carbonyl (C=O) groups is 1. The van der Waals surface area contributed by atoms with E-state index in [0.717, 1.165) is 55.1 Å². The van der Waals surface area contributed by atoms with E-state index in [1.807, 2.05) is 10.3 Å². The van der Waals surface area contributed by atoms with Crippen molar-refractivity contribution in [1.82, 2.24) is 20.2 Å². The van der Waals surface area contributed by atoms with Crippen LogP contribution in [0.15, 0.2) is 17.8 Å². The normalized spacial score (nSPS) is 19.3.